The first kappa shape index (κ1) is 14.4. The van der Waals surface area contributed by atoms with Crippen LogP contribution in [0, 0.1) is 0 Å². The Morgan fingerprint density at radius 3 is 2.94 bits per heavy atom. The summed E-state index contributed by atoms with van der Waals surface area (Å²) in [5.74, 6) is -0.128. The lowest BCUT2D eigenvalue weighted by molar-refractivity contribution is -0.125. The Morgan fingerprint density at radius 1 is 1.59 bits per heavy atom. The molecule has 1 rings (SSSR count). The van der Waals surface area contributed by atoms with Crippen LogP contribution in [0.2, 0.25) is 0 Å². The van der Waals surface area contributed by atoms with Crippen molar-refractivity contribution in [3.8, 4) is 0 Å². The summed E-state index contributed by atoms with van der Waals surface area (Å²) in [7, 11) is 0. The Labute approximate surface area is 103 Å². The summed E-state index contributed by atoms with van der Waals surface area (Å²) in [5, 5.41) is 2.78. The SMILES string of the molecule is CC(C)(N)C(=O)NCCCOCC1CCCO1. The monoisotopic (exact) mass is 244 g/mol. The Morgan fingerprint density at radius 2 is 2.35 bits per heavy atom. The highest BCUT2D eigenvalue weighted by atomic mass is 16.5. The Hall–Kier alpha value is -0.650. The summed E-state index contributed by atoms with van der Waals surface area (Å²) in [4.78, 5) is 11.4. The molecular weight excluding hydrogens is 220 g/mol. The van der Waals surface area contributed by atoms with Gasteiger partial charge in [0.15, 0.2) is 0 Å². The lowest BCUT2D eigenvalue weighted by atomic mass is 10.1. The van der Waals surface area contributed by atoms with Crippen molar-refractivity contribution in [1.29, 1.82) is 0 Å². The molecule has 1 saturated heterocycles. The Balaban J connectivity index is 1.92. The van der Waals surface area contributed by atoms with Crippen LogP contribution < -0.4 is 11.1 Å². The van der Waals surface area contributed by atoms with Crippen molar-refractivity contribution < 1.29 is 14.3 Å². The molecule has 1 aliphatic heterocycles. The zero-order chi connectivity index (χ0) is 12.7. The maximum Gasteiger partial charge on any atom is 0.239 e. The first-order valence-corrected chi connectivity index (χ1v) is 6.26. The van der Waals surface area contributed by atoms with Crippen LogP contribution in [-0.2, 0) is 14.3 Å². The van der Waals surface area contributed by atoms with Gasteiger partial charge in [-0.15, -0.1) is 0 Å². The molecule has 100 valence electrons. The molecule has 0 bridgehead atoms. The van der Waals surface area contributed by atoms with Crippen LogP contribution in [0.5, 0.6) is 0 Å². The van der Waals surface area contributed by atoms with E-state index in [9.17, 15) is 4.79 Å². The molecule has 0 aromatic heterocycles. The van der Waals surface area contributed by atoms with Crippen LogP contribution in [0.25, 0.3) is 0 Å². The van der Waals surface area contributed by atoms with Crippen LogP contribution in [0.3, 0.4) is 0 Å². The number of carbonyl (C=O) groups is 1. The molecule has 0 saturated carbocycles. The predicted octanol–water partition coefficient (Wildman–Crippen LogP) is 0.426. The fourth-order valence-electron chi connectivity index (χ4n) is 1.59. The Kier molecular flexibility index (Phi) is 5.88. The molecule has 1 aliphatic rings. The van der Waals surface area contributed by atoms with Crippen molar-refractivity contribution >= 4 is 5.91 Å². The first-order chi connectivity index (χ1) is 8.00. The van der Waals surface area contributed by atoms with E-state index in [1.54, 1.807) is 13.8 Å². The average molecular weight is 244 g/mol. The molecule has 0 radical (unpaired) electrons. The third-order valence-electron chi connectivity index (χ3n) is 2.66. The molecule has 0 aromatic rings. The van der Waals surface area contributed by atoms with E-state index in [1.807, 2.05) is 0 Å². The van der Waals surface area contributed by atoms with Gasteiger partial charge in [-0.1, -0.05) is 0 Å². The van der Waals surface area contributed by atoms with Crippen molar-refractivity contribution in [2.24, 2.45) is 5.73 Å². The summed E-state index contributed by atoms with van der Waals surface area (Å²) in [5.41, 5.74) is 4.84. The van der Waals surface area contributed by atoms with Crippen LogP contribution in [0.1, 0.15) is 33.1 Å². The maximum atomic E-state index is 11.4. The van der Waals surface area contributed by atoms with Gasteiger partial charge in [0.05, 0.1) is 18.2 Å². The van der Waals surface area contributed by atoms with Gasteiger partial charge in [-0.05, 0) is 33.1 Å². The number of carbonyl (C=O) groups excluding carboxylic acids is 1. The number of nitrogens with two attached hydrogens (primary N) is 1. The lowest BCUT2D eigenvalue weighted by Crippen LogP contribution is -2.49. The minimum atomic E-state index is -0.807. The van der Waals surface area contributed by atoms with E-state index in [0.717, 1.165) is 25.9 Å². The molecule has 1 fully saturated rings. The van der Waals surface area contributed by atoms with Gasteiger partial charge in [-0.2, -0.15) is 0 Å². The lowest BCUT2D eigenvalue weighted by Gasteiger charge is -2.17. The molecule has 1 atom stereocenters. The summed E-state index contributed by atoms with van der Waals surface area (Å²) in [6.07, 6.45) is 3.30. The third kappa shape index (κ3) is 6.00. The molecule has 5 nitrogen and oxygen atoms in total. The molecule has 1 amide bonds. The molecule has 1 heterocycles. The second-order valence-electron chi connectivity index (χ2n) is 5.04. The highest BCUT2D eigenvalue weighted by Crippen LogP contribution is 2.11. The van der Waals surface area contributed by atoms with Gasteiger partial charge in [0.25, 0.3) is 0 Å². The largest absolute Gasteiger partial charge is 0.379 e. The van der Waals surface area contributed by atoms with Gasteiger partial charge in [-0.3, -0.25) is 4.79 Å². The van der Waals surface area contributed by atoms with Crippen molar-refractivity contribution in [3.63, 3.8) is 0 Å². The number of nitrogens with one attached hydrogen (secondary N) is 1. The van der Waals surface area contributed by atoms with Crippen molar-refractivity contribution in [2.45, 2.75) is 44.8 Å². The fourth-order valence-corrected chi connectivity index (χ4v) is 1.59. The minimum Gasteiger partial charge on any atom is -0.379 e. The summed E-state index contributed by atoms with van der Waals surface area (Å²) in [6, 6.07) is 0. The topological polar surface area (TPSA) is 73.6 Å². The molecule has 1 unspecified atom stereocenters. The van der Waals surface area contributed by atoms with E-state index in [4.69, 9.17) is 15.2 Å². The number of hydrogen-bond acceptors (Lipinski definition) is 4. The van der Waals surface area contributed by atoms with Crippen molar-refractivity contribution in [1.82, 2.24) is 5.32 Å². The van der Waals surface area contributed by atoms with Crippen molar-refractivity contribution in [2.75, 3.05) is 26.4 Å². The van der Waals surface area contributed by atoms with E-state index in [1.165, 1.54) is 0 Å². The number of ether oxygens (including phenoxy) is 2. The van der Waals surface area contributed by atoms with Gasteiger partial charge in [0, 0.05) is 19.8 Å². The normalized spacial score (nSPS) is 20.5. The summed E-state index contributed by atoms with van der Waals surface area (Å²) in [6.45, 7) is 6.15. The highest BCUT2D eigenvalue weighted by molar-refractivity contribution is 5.84. The van der Waals surface area contributed by atoms with Gasteiger partial charge < -0.3 is 20.5 Å². The average Bonchev–Trinajstić information content (AvgIpc) is 2.74. The molecule has 0 aliphatic carbocycles. The van der Waals surface area contributed by atoms with Gasteiger partial charge in [0.1, 0.15) is 0 Å². The van der Waals surface area contributed by atoms with E-state index in [2.05, 4.69) is 5.32 Å². The van der Waals surface area contributed by atoms with Crippen LogP contribution in [0.4, 0.5) is 0 Å². The van der Waals surface area contributed by atoms with Gasteiger partial charge in [0.2, 0.25) is 5.91 Å². The van der Waals surface area contributed by atoms with E-state index in [-0.39, 0.29) is 12.0 Å². The molecule has 0 aromatic carbocycles. The van der Waals surface area contributed by atoms with Crippen LogP contribution >= 0.6 is 0 Å². The van der Waals surface area contributed by atoms with Gasteiger partial charge >= 0.3 is 0 Å². The predicted molar refractivity (Wildman–Crippen MR) is 65.7 cm³/mol. The quantitative estimate of drug-likeness (QED) is 0.637. The zero-order valence-electron chi connectivity index (χ0n) is 10.8. The van der Waals surface area contributed by atoms with Gasteiger partial charge in [-0.25, -0.2) is 0 Å². The van der Waals surface area contributed by atoms with E-state index in [0.29, 0.717) is 19.8 Å². The van der Waals surface area contributed by atoms with Crippen molar-refractivity contribution in [3.05, 3.63) is 0 Å². The second kappa shape index (κ2) is 6.93. The van der Waals surface area contributed by atoms with Crippen LogP contribution in [-0.4, -0.2) is 43.9 Å². The molecule has 0 spiro atoms. The zero-order valence-corrected chi connectivity index (χ0v) is 10.8. The van der Waals surface area contributed by atoms with E-state index >= 15 is 0 Å². The first-order valence-electron chi connectivity index (χ1n) is 6.26. The molecule has 5 heteroatoms. The highest BCUT2D eigenvalue weighted by Gasteiger charge is 2.20. The third-order valence-corrected chi connectivity index (χ3v) is 2.66. The smallest absolute Gasteiger partial charge is 0.239 e. The van der Waals surface area contributed by atoms with E-state index < -0.39 is 5.54 Å². The number of hydrogen-bond donors (Lipinski definition) is 2. The molecule has 17 heavy (non-hydrogen) atoms. The summed E-state index contributed by atoms with van der Waals surface area (Å²) < 4.78 is 10.9. The number of amides is 1. The Bertz CT molecular complexity index is 232. The molecule has 3 N–H and O–H groups in total. The minimum absolute atomic E-state index is 0.128. The summed E-state index contributed by atoms with van der Waals surface area (Å²) >= 11 is 0. The van der Waals surface area contributed by atoms with Crippen LogP contribution in [0.15, 0.2) is 0 Å². The standard InChI is InChI=1S/C12H24N2O3/c1-12(2,13)11(15)14-6-4-7-16-9-10-5-3-8-17-10/h10H,3-9,13H2,1-2H3,(H,14,15). The second-order valence-corrected chi connectivity index (χ2v) is 5.04. The number of rotatable bonds is 7. The molecular formula is C12H24N2O3. The fraction of sp³-hybridized carbons (Fsp3) is 0.917. The maximum absolute atomic E-state index is 11.4.